The van der Waals surface area contributed by atoms with Crippen molar-refractivity contribution in [3.8, 4) is 0 Å². The summed E-state index contributed by atoms with van der Waals surface area (Å²) in [6.45, 7) is 0.265. The normalized spacial score (nSPS) is 26.4. The van der Waals surface area contributed by atoms with E-state index in [-0.39, 0.29) is 29.8 Å². The molecule has 1 aliphatic heterocycles. The molecule has 0 bridgehead atoms. The van der Waals surface area contributed by atoms with Crippen molar-refractivity contribution in [2.45, 2.75) is 24.2 Å². The zero-order chi connectivity index (χ0) is 18.4. The Morgan fingerprint density at radius 1 is 1.24 bits per heavy atom. The van der Waals surface area contributed by atoms with Crippen molar-refractivity contribution >= 4 is 21.9 Å². The number of aliphatic carboxylic acids is 1. The van der Waals surface area contributed by atoms with Crippen molar-refractivity contribution in [1.29, 1.82) is 0 Å². The molecular formula is C17H22N2O5S. The Labute approximate surface area is 147 Å². The van der Waals surface area contributed by atoms with Gasteiger partial charge in [0.25, 0.3) is 5.91 Å². The molecule has 1 aromatic rings. The maximum atomic E-state index is 12.9. The van der Waals surface area contributed by atoms with E-state index in [1.54, 1.807) is 14.1 Å². The second-order valence-corrected chi connectivity index (χ2v) is 9.01. The highest BCUT2D eigenvalue weighted by Gasteiger charge is 2.57. The van der Waals surface area contributed by atoms with Crippen LogP contribution in [0.5, 0.6) is 0 Å². The lowest BCUT2D eigenvalue weighted by Gasteiger charge is -2.23. The molecule has 25 heavy (non-hydrogen) atoms. The number of hydrogen-bond donors (Lipinski definition) is 1. The van der Waals surface area contributed by atoms with Crippen LogP contribution in [0, 0.1) is 11.3 Å². The highest BCUT2D eigenvalue weighted by molar-refractivity contribution is 7.89. The van der Waals surface area contributed by atoms with Gasteiger partial charge in [0.15, 0.2) is 0 Å². The fraction of sp³-hybridized carbons (Fsp3) is 0.529. The zero-order valence-electron chi connectivity index (χ0n) is 14.3. The molecule has 1 amide bonds. The topological polar surface area (TPSA) is 95.0 Å². The third-order valence-corrected chi connectivity index (χ3v) is 7.24. The average Bonchev–Trinajstić information content (AvgIpc) is 3.12. The van der Waals surface area contributed by atoms with Crippen molar-refractivity contribution in [2.75, 3.05) is 27.2 Å². The number of benzene rings is 1. The van der Waals surface area contributed by atoms with Gasteiger partial charge in [-0.15, -0.1) is 0 Å². The van der Waals surface area contributed by atoms with Gasteiger partial charge in [-0.25, -0.2) is 8.42 Å². The molecular weight excluding hydrogens is 344 g/mol. The van der Waals surface area contributed by atoms with Gasteiger partial charge in [-0.3, -0.25) is 9.59 Å². The molecule has 2 fully saturated rings. The van der Waals surface area contributed by atoms with Crippen LogP contribution in [0.4, 0.5) is 0 Å². The molecule has 1 aliphatic carbocycles. The monoisotopic (exact) mass is 366 g/mol. The predicted molar refractivity (Wildman–Crippen MR) is 90.6 cm³/mol. The first-order valence-electron chi connectivity index (χ1n) is 8.24. The van der Waals surface area contributed by atoms with E-state index in [0.717, 1.165) is 12.8 Å². The Bertz CT molecular complexity index is 803. The molecule has 0 spiro atoms. The van der Waals surface area contributed by atoms with Crippen molar-refractivity contribution in [2.24, 2.45) is 11.3 Å². The lowest BCUT2D eigenvalue weighted by molar-refractivity contribution is -0.149. The molecule has 8 heteroatoms. The van der Waals surface area contributed by atoms with Crippen molar-refractivity contribution in [3.05, 3.63) is 29.8 Å². The number of carbonyl (C=O) groups excluding carboxylic acids is 1. The van der Waals surface area contributed by atoms with E-state index < -0.39 is 21.4 Å². The van der Waals surface area contributed by atoms with Crippen LogP contribution in [0.25, 0.3) is 0 Å². The highest BCUT2D eigenvalue weighted by Crippen LogP contribution is 2.50. The van der Waals surface area contributed by atoms with Crippen molar-refractivity contribution in [1.82, 2.24) is 9.21 Å². The summed E-state index contributed by atoms with van der Waals surface area (Å²) in [5.41, 5.74) is -0.544. The van der Waals surface area contributed by atoms with E-state index in [1.165, 1.54) is 33.5 Å². The van der Waals surface area contributed by atoms with E-state index >= 15 is 0 Å². The molecule has 1 saturated heterocycles. The van der Waals surface area contributed by atoms with Gasteiger partial charge in [0.1, 0.15) is 0 Å². The Morgan fingerprint density at radius 2 is 1.88 bits per heavy atom. The van der Waals surface area contributed by atoms with Crippen LogP contribution < -0.4 is 0 Å². The minimum Gasteiger partial charge on any atom is -0.481 e. The van der Waals surface area contributed by atoms with Crippen molar-refractivity contribution in [3.63, 3.8) is 0 Å². The SMILES string of the molecule is CN(C)C(=O)c1ccc(S(=O)(=O)N2C[C@@H]3CCC[C@@]3(C(=O)O)C2)cc1. The summed E-state index contributed by atoms with van der Waals surface area (Å²) in [6, 6.07) is 5.79. The van der Waals surface area contributed by atoms with Gasteiger partial charge >= 0.3 is 5.97 Å². The summed E-state index contributed by atoms with van der Waals surface area (Å²) < 4.78 is 27.1. The van der Waals surface area contributed by atoms with E-state index in [9.17, 15) is 23.1 Å². The molecule has 0 aromatic heterocycles. The first kappa shape index (κ1) is 17.9. The maximum absolute atomic E-state index is 12.9. The third kappa shape index (κ3) is 2.83. The first-order valence-corrected chi connectivity index (χ1v) is 9.68. The van der Waals surface area contributed by atoms with E-state index in [4.69, 9.17) is 0 Å². The number of carbonyl (C=O) groups is 2. The number of hydrogen-bond acceptors (Lipinski definition) is 4. The second kappa shape index (κ2) is 6.10. The maximum Gasteiger partial charge on any atom is 0.311 e. The Balaban J connectivity index is 1.86. The number of rotatable bonds is 4. The van der Waals surface area contributed by atoms with E-state index in [0.29, 0.717) is 12.0 Å². The molecule has 1 saturated carbocycles. The molecule has 2 atom stereocenters. The van der Waals surface area contributed by atoms with Crippen LogP contribution in [0.15, 0.2) is 29.2 Å². The van der Waals surface area contributed by atoms with Gasteiger partial charge in [-0.1, -0.05) is 6.42 Å². The molecule has 1 heterocycles. The second-order valence-electron chi connectivity index (χ2n) is 7.07. The fourth-order valence-electron chi connectivity index (χ4n) is 3.95. The summed E-state index contributed by atoms with van der Waals surface area (Å²) in [4.78, 5) is 25.2. The molecule has 0 radical (unpaired) electrons. The number of carboxylic acids is 1. The van der Waals surface area contributed by atoms with Crippen LogP contribution in [-0.2, 0) is 14.8 Å². The zero-order valence-corrected chi connectivity index (χ0v) is 15.1. The van der Waals surface area contributed by atoms with Crippen LogP contribution in [0.2, 0.25) is 0 Å². The van der Waals surface area contributed by atoms with E-state index in [1.807, 2.05) is 0 Å². The molecule has 7 nitrogen and oxygen atoms in total. The van der Waals surface area contributed by atoms with Crippen LogP contribution in [0.3, 0.4) is 0 Å². The summed E-state index contributed by atoms with van der Waals surface area (Å²) in [5.74, 6) is -1.24. The third-order valence-electron chi connectivity index (χ3n) is 5.41. The number of nitrogens with zero attached hydrogens (tertiary/aromatic N) is 2. The molecule has 0 unspecified atom stereocenters. The van der Waals surface area contributed by atoms with Crippen molar-refractivity contribution < 1.29 is 23.1 Å². The van der Waals surface area contributed by atoms with Gasteiger partial charge in [0.05, 0.1) is 10.3 Å². The summed E-state index contributed by atoms with van der Waals surface area (Å²) >= 11 is 0. The summed E-state index contributed by atoms with van der Waals surface area (Å²) in [6.07, 6.45) is 2.09. The lowest BCUT2D eigenvalue weighted by atomic mass is 9.81. The quantitative estimate of drug-likeness (QED) is 0.866. The molecule has 136 valence electrons. The fourth-order valence-corrected chi connectivity index (χ4v) is 5.51. The number of sulfonamides is 1. The highest BCUT2D eigenvalue weighted by atomic mass is 32.2. The number of amides is 1. The number of fused-ring (bicyclic) bond motifs is 1. The smallest absolute Gasteiger partial charge is 0.311 e. The first-order chi connectivity index (χ1) is 11.7. The van der Waals surface area contributed by atoms with Gasteiger partial charge in [-0.2, -0.15) is 4.31 Å². The Kier molecular flexibility index (Phi) is 4.36. The van der Waals surface area contributed by atoms with Gasteiger partial charge in [0, 0.05) is 32.7 Å². The summed E-state index contributed by atoms with van der Waals surface area (Å²) in [7, 11) is -0.517. The Morgan fingerprint density at radius 3 is 2.40 bits per heavy atom. The molecule has 1 aromatic carbocycles. The molecule has 2 aliphatic rings. The minimum absolute atomic E-state index is 0.0215. The van der Waals surface area contributed by atoms with Gasteiger partial charge < -0.3 is 10.0 Å². The van der Waals surface area contributed by atoms with Crippen LogP contribution in [-0.4, -0.2) is 61.8 Å². The van der Waals surface area contributed by atoms with Gasteiger partial charge in [-0.05, 0) is 43.0 Å². The molecule has 1 N–H and O–H groups in total. The number of carboxylic acid groups (broad SMARTS) is 1. The van der Waals surface area contributed by atoms with Crippen LogP contribution in [0.1, 0.15) is 29.6 Å². The molecule has 3 rings (SSSR count). The predicted octanol–water partition coefficient (Wildman–Crippen LogP) is 1.26. The van der Waals surface area contributed by atoms with E-state index in [2.05, 4.69) is 0 Å². The Hall–Kier alpha value is -1.93. The lowest BCUT2D eigenvalue weighted by Crippen LogP contribution is -2.37. The van der Waals surface area contributed by atoms with Gasteiger partial charge in [0.2, 0.25) is 10.0 Å². The minimum atomic E-state index is -3.77. The summed E-state index contributed by atoms with van der Waals surface area (Å²) in [5, 5.41) is 9.61. The van der Waals surface area contributed by atoms with Crippen LogP contribution >= 0.6 is 0 Å². The standard InChI is InChI=1S/C17H22N2O5S/c1-18(2)15(20)12-5-7-14(8-6-12)25(23,24)19-10-13-4-3-9-17(13,11-19)16(21)22/h5-8,13H,3-4,9-11H2,1-2H3,(H,21,22)/t13-,17+/m0/s1. The average molecular weight is 366 g/mol. The largest absolute Gasteiger partial charge is 0.481 e.